The molecule has 2 N–H and O–H groups in total. The van der Waals surface area contributed by atoms with Gasteiger partial charge in [-0.1, -0.05) is 11.6 Å². The van der Waals surface area contributed by atoms with Crippen molar-refractivity contribution in [2.45, 2.75) is 51.0 Å². The first-order chi connectivity index (χ1) is 9.18. The van der Waals surface area contributed by atoms with E-state index < -0.39 is 12.0 Å². The second-order valence-corrected chi connectivity index (χ2v) is 5.28. The molecule has 1 saturated heterocycles. The fourth-order valence-electron chi connectivity index (χ4n) is 2.83. The van der Waals surface area contributed by atoms with Crippen molar-refractivity contribution in [1.82, 2.24) is 10.2 Å². The van der Waals surface area contributed by atoms with Crippen molar-refractivity contribution in [1.29, 1.82) is 0 Å². The molecular weight excluding hydrogens is 244 g/mol. The molecule has 1 fully saturated rings. The number of allylic oxidation sites excluding steroid dienone is 1. The van der Waals surface area contributed by atoms with Crippen LogP contribution in [-0.2, 0) is 4.79 Å². The van der Waals surface area contributed by atoms with Gasteiger partial charge < -0.3 is 15.3 Å². The zero-order chi connectivity index (χ0) is 13.7. The smallest absolute Gasteiger partial charge is 0.326 e. The summed E-state index contributed by atoms with van der Waals surface area (Å²) in [7, 11) is 0. The van der Waals surface area contributed by atoms with Gasteiger partial charge in [0.15, 0.2) is 0 Å². The Labute approximate surface area is 113 Å². The van der Waals surface area contributed by atoms with Crippen molar-refractivity contribution < 1.29 is 14.7 Å². The van der Waals surface area contributed by atoms with Crippen molar-refractivity contribution in [3.8, 4) is 0 Å². The molecule has 19 heavy (non-hydrogen) atoms. The molecule has 1 heterocycles. The number of likely N-dealkylation sites (tertiary alicyclic amines) is 1. The predicted octanol–water partition coefficient (Wildman–Crippen LogP) is 2.14. The first-order valence-electron chi connectivity index (χ1n) is 7.13. The number of carbonyl (C=O) groups is 2. The van der Waals surface area contributed by atoms with E-state index in [0.29, 0.717) is 19.5 Å². The van der Waals surface area contributed by atoms with E-state index >= 15 is 0 Å². The van der Waals surface area contributed by atoms with Crippen molar-refractivity contribution >= 4 is 12.0 Å². The van der Waals surface area contributed by atoms with Crippen LogP contribution >= 0.6 is 0 Å². The summed E-state index contributed by atoms with van der Waals surface area (Å²) in [4.78, 5) is 24.4. The van der Waals surface area contributed by atoms with Crippen molar-refractivity contribution in [3.05, 3.63) is 11.6 Å². The van der Waals surface area contributed by atoms with Crippen molar-refractivity contribution in [2.75, 3.05) is 13.1 Å². The number of carbonyl (C=O) groups excluding carboxylic acids is 1. The van der Waals surface area contributed by atoms with Crippen molar-refractivity contribution in [2.24, 2.45) is 0 Å². The molecule has 5 nitrogen and oxygen atoms in total. The molecular formula is C14H22N2O3. The SMILES string of the molecule is O=C(O)C1CCCN1C(=O)NCCC1=CCCCC1. The number of hydrogen-bond donors (Lipinski definition) is 2. The highest BCUT2D eigenvalue weighted by atomic mass is 16.4. The first-order valence-corrected chi connectivity index (χ1v) is 7.13. The van der Waals surface area contributed by atoms with Crippen LogP contribution in [0.25, 0.3) is 0 Å². The molecule has 0 spiro atoms. The third-order valence-corrected chi connectivity index (χ3v) is 3.91. The lowest BCUT2D eigenvalue weighted by Gasteiger charge is -2.22. The van der Waals surface area contributed by atoms with Crippen LogP contribution in [0.4, 0.5) is 4.79 Å². The maximum atomic E-state index is 11.9. The Hall–Kier alpha value is -1.52. The summed E-state index contributed by atoms with van der Waals surface area (Å²) in [5.41, 5.74) is 1.42. The maximum Gasteiger partial charge on any atom is 0.326 e. The summed E-state index contributed by atoms with van der Waals surface area (Å²) in [6.07, 6.45) is 9.29. The molecule has 2 rings (SSSR count). The molecule has 2 aliphatic rings. The summed E-state index contributed by atoms with van der Waals surface area (Å²) in [6, 6.07) is -0.879. The van der Waals surface area contributed by atoms with E-state index in [1.54, 1.807) is 0 Å². The molecule has 1 atom stereocenters. The minimum Gasteiger partial charge on any atom is -0.480 e. The number of hydrogen-bond acceptors (Lipinski definition) is 2. The van der Waals surface area contributed by atoms with Gasteiger partial charge in [0.1, 0.15) is 6.04 Å². The lowest BCUT2D eigenvalue weighted by molar-refractivity contribution is -0.141. The third kappa shape index (κ3) is 3.72. The first kappa shape index (κ1) is 13.9. The summed E-state index contributed by atoms with van der Waals surface area (Å²) in [5.74, 6) is -0.900. The van der Waals surface area contributed by atoms with E-state index in [2.05, 4.69) is 11.4 Å². The number of urea groups is 1. The van der Waals surface area contributed by atoms with Gasteiger partial charge >= 0.3 is 12.0 Å². The van der Waals surface area contributed by atoms with E-state index in [-0.39, 0.29) is 6.03 Å². The van der Waals surface area contributed by atoms with E-state index in [1.807, 2.05) is 0 Å². The van der Waals surface area contributed by atoms with Gasteiger partial charge in [-0.15, -0.1) is 0 Å². The van der Waals surface area contributed by atoms with Crippen LogP contribution in [0.1, 0.15) is 44.9 Å². The molecule has 0 aromatic heterocycles. The number of nitrogens with one attached hydrogen (secondary N) is 1. The number of amides is 2. The van der Waals surface area contributed by atoms with Gasteiger partial charge in [0.25, 0.3) is 0 Å². The van der Waals surface area contributed by atoms with Crippen LogP contribution in [0.15, 0.2) is 11.6 Å². The monoisotopic (exact) mass is 266 g/mol. The van der Waals surface area contributed by atoms with Crippen LogP contribution in [0.5, 0.6) is 0 Å². The summed E-state index contributed by atoms with van der Waals surface area (Å²) >= 11 is 0. The van der Waals surface area contributed by atoms with E-state index in [4.69, 9.17) is 5.11 Å². The number of carboxylic acids is 1. The Bertz CT molecular complexity index is 379. The Kier molecular flexibility index (Phi) is 4.82. The van der Waals surface area contributed by atoms with Gasteiger partial charge in [-0.3, -0.25) is 0 Å². The number of rotatable bonds is 4. The summed E-state index contributed by atoms with van der Waals surface area (Å²) in [5, 5.41) is 11.9. The summed E-state index contributed by atoms with van der Waals surface area (Å²) in [6.45, 7) is 1.15. The van der Waals surface area contributed by atoms with Crippen LogP contribution in [0.3, 0.4) is 0 Å². The van der Waals surface area contributed by atoms with Crippen molar-refractivity contribution in [3.63, 3.8) is 0 Å². The second kappa shape index (κ2) is 6.59. The Morgan fingerprint density at radius 3 is 2.89 bits per heavy atom. The normalized spacial score (nSPS) is 23.1. The molecule has 1 unspecified atom stereocenters. The molecule has 1 aliphatic heterocycles. The Balaban J connectivity index is 1.74. The standard InChI is InChI=1S/C14H22N2O3/c17-13(18)12-7-4-10-16(12)14(19)15-9-8-11-5-2-1-3-6-11/h5,12H,1-4,6-10H2,(H,15,19)(H,17,18). The molecule has 5 heteroatoms. The molecule has 0 aromatic carbocycles. The van der Waals surface area contributed by atoms with Gasteiger partial charge in [0.05, 0.1) is 0 Å². The minimum atomic E-state index is -0.900. The van der Waals surface area contributed by atoms with E-state index in [9.17, 15) is 9.59 Å². The number of nitrogens with zero attached hydrogens (tertiary/aromatic N) is 1. The van der Waals surface area contributed by atoms with Gasteiger partial charge in [-0.05, 0) is 44.9 Å². The average molecular weight is 266 g/mol. The highest BCUT2D eigenvalue weighted by Gasteiger charge is 2.33. The molecule has 1 aliphatic carbocycles. The topological polar surface area (TPSA) is 69.6 Å². The third-order valence-electron chi connectivity index (χ3n) is 3.91. The quantitative estimate of drug-likeness (QED) is 0.766. The van der Waals surface area contributed by atoms with Gasteiger partial charge in [-0.25, -0.2) is 9.59 Å². The number of carboxylic acid groups (broad SMARTS) is 1. The lowest BCUT2D eigenvalue weighted by Crippen LogP contribution is -2.46. The van der Waals surface area contributed by atoms with Gasteiger partial charge in [0.2, 0.25) is 0 Å². The Morgan fingerprint density at radius 1 is 1.37 bits per heavy atom. The molecule has 0 radical (unpaired) electrons. The van der Waals surface area contributed by atoms with Gasteiger partial charge in [0, 0.05) is 13.1 Å². The van der Waals surface area contributed by atoms with E-state index in [0.717, 1.165) is 25.7 Å². The van der Waals surface area contributed by atoms with Crippen LogP contribution < -0.4 is 5.32 Å². The molecule has 0 bridgehead atoms. The lowest BCUT2D eigenvalue weighted by atomic mass is 9.97. The average Bonchev–Trinajstić information content (AvgIpc) is 2.89. The molecule has 0 aromatic rings. The molecule has 0 saturated carbocycles. The predicted molar refractivity (Wildman–Crippen MR) is 71.9 cm³/mol. The zero-order valence-electron chi connectivity index (χ0n) is 11.2. The van der Waals surface area contributed by atoms with E-state index in [1.165, 1.54) is 23.3 Å². The van der Waals surface area contributed by atoms with Crippen LogP contribution in [0.2, 0.25) is 0 Å². The fourth-order valence-corrected chi connectivity index (χ4v) is 2.83. The fraction of sp³-hybridized carbons (Fsp3) is 0.714. The highest BCUT2D eigenvalue weighted by Crippen LogP contribution is 2.20. The summed E-state index contributed by atoms with van der Waals surface area (Å²) < 4.78 is 0. The number of aliphatic carboxylic acids is 1. The second-order valence-electron chi connectivity index (χ2n) is 5.28. The Morgan fingerprint density at radius 2 is 2.21 bits per heavy atom. The van der Waals surface area contributed by atoms with Crippen LogP contribution in [-0.4, -0.2) is 41.1 Å². The maximum absolute atomic E-state index is 11.9. The van der Waals surface area contributed by atoms with Gasteiger partial charge in [-0.2, -0.15) is 0 Å². The van der Waals surface area contributed by atoms with Crippen LogP contribution in [0, 0.1) is 0 Å². The highest BCUT2D eigenvalue weighted by molar-refractivity contribution is 5.83. The minimum absolute atomic E-state index is 0.235. The molecule has 106 valence electrons. The molecule has 2 amide bonds. The zero-order valence-corrected chi connectivity index (χ0v) is 11.2. The largest absolute Gasteiger partial charge is 0.480 e.